The van der Waals surface area contributed by atoms with Crippen molar-refractivity contribution < 1.29 is 24.1 Å². The van der Waals surface area contributed by atoms with Crippen LogP contribution in [-0.2, 0) is 4.79 Å². The molecule has 2 N–H and O–H groups in total. The number of hydrogen-bond acceptors (Lipinski definition) is 3. The number of ether oxygens (including phenoxy) is 1. The molecule has 0 bridgehead atoms. The fourth-order valence-corrected chi connectivity index (χ4v) is 1.24. The smallest absolute Gasteiger partial charge is 0.310 e. The van der Waals surface area contributed by atoms with Crippen LogP contribution in [0.25, 0.3) is 0 Å². The average molecular weight is 214 g/mol. The fraction of sp³-hybridized carbons (Fsp3) is 0.300. The molecule has 15 heavy (non-hydrogen) atoms. The third kappa shape index (κ3) is 2.01. The first-order valence-electron chi connectivity index (χ1n) is 4.27. The summed E-state index contributed by atoms with van der Waals surface area (Å²) in [5.41, 5.74) is 0.126. The maximum Gasteiger partial charge on any atom is 0.310 e. The zero-order valence-corrected chi connectivity index (χ0v) is 8.32. The molecule has 1 aromatic rings. The number of halogens is 1. The Morgan fingerprint density at radius 2 is 2.13 bits per heavy atom. The van der Waals surface area contributed by atoms with Crippen LogP contribution in [0.15, 0.2) is 12.1 Å². The van der Waals surface area contributed by atoms with Gasteiger partial charge in [0.25, 0.3) is 0 Å². The molecule has 82 valence electrons. The summed E-state index contributed by atoms with van der Waals surface area (Å²) >= 11 is 0. The molecule has 0 spiro atoms. The predicted octanol–water partition coefficient (Wildman–Crippen LogP) is 1.73. The summed E-state index contributed by atoms with van der Waals surface area (Å²) in [4.78, 5) is 10.7. The van der Waals surface area contributed by atoms with E-state index < -0.39 is 23.5 Å². The summed E-state index contributed by atoms with van der Waals surface area (Å²) < 4.78 is 17.7. The minimum Gasteiger partial charge on any atom is -0.504 e. The SMILES string of the molecule is COc1c(F)ccc(C(C)C(=O)O)c1O. The molecule has 0 aliphatic carbocycles. The molecule has 0 aliphatic heterocycles. The first-order valence-corrected chi connectivity index (χ1v) is 4.27. The minimum absolute atomic E-state index is 0.126. The molecule has 5 heteroatoms. The lowest BCUT2D eigenvalue weighted by molar-refractivity contribution is -0.138. The van der Waals surface area contributed by atoms with Crippen LogP contribution >= 0.6 is 0 Å². The van der Waals surface area contributed by atoms with Gasteiger partial charge in [-0.3, -0.25) is 4.79 Å². The highest BCUT2D eigenvalue weighted by Gasteiger charge is 2.21. The van der Waals surface area contributed by atoms with Crippen LogP contribution < -0.4 is 4.74 Å². The summed E-state index contributed by atoms with van der Waals surface area (Å²) in [7, 11) is 1.20. The number of carbonyl (C=O) groups is 1. The summed E-state index contributed by atoms with van der Waals surface area (Å²) in [5, 5.41) is 18.3. The van der Waals surface area contributed by atoms with E-state index in [0.717, 1.165) is 6.07 Å². The zero-order valence-electron chi connectivity index (χ0n) is 8.32. The number of carboxylic acids is 1. The van der Waals surface area contributed by atoms with Crippen LogP contribution in [0.1, 0.15) is 18.4 Å². The van der Waals surface area contributed by atoms with Gasteiger partial charge in [0, 0.05) is 5.56 Å². The molecule has 0 saturated carbocycles. The van der Waals surface area contributed by atoms with Gasteiger partial charge in [0.2, 0.25) is 0 Å². The van der Waals surface area contributed by atoms with Gasteiger partial charge < -0.3 is 14.9 Å². The van der Waals surface area contributed by atoms with Crippen LogP contribution in [0.2, 0.25) is 0 Å². The third-order valence-corrected chi connectivity index (χ3v) is 2.16. The molecular formula is C10H11FO4. The van der Waals surface area contributed by atoms with E-state index in [0.29, 0.717) is 0 Å². The second kappa shape index (κ2) is 4.16. The van der Waals surface area contributed by atoms with Crippen molar-refractivity contribution in [2.75, 3.05) is 7.11 Å². The Hall–Kier alpha value is -1.78. The van der Waals surface area contributed by atoms with E-state index in [-0.39, 0.29) is 11.3 Å². The number of hydrogen-bond donors (Lipinski definition) is 2. The van der Waals surface area contributed by atoms with Crippen molar-refractivity contribution in [3.8, 4) is 11.5 Å². The summed E-state index contributed by atoms with van der Waals surface area (Å²) in [6.07, 6.45) is 0. The molecule has 0 radical (unpaired) electrons. The normalized spacial score (nSPS) is 12.2. The topological polar surface area (TPSA) is 66.8 Å². The van der Waals surface area contributed by atoms with Crippen molar-refractivity contribution in [2.24, 2.45) is 0 Å². The van der Waals surface area contributed by atoms with E-state index in [1.807, 2.05) is 0 Å². The van der Waals surface area contributed by atoms with Crippen LogP contribution in [0.3, 0.4) is 0 Å². The second-order valence-electron chi connectivity index (χ2n) is 3.08. The quantitative estimate of drug-likeness (QED) is 0.804. The Balaban J connectivity index is 3.27. The summed E-state index contributed by atoms with van der Waals surface area (Å²) in [6, 6.07) is 2.29. The third-order valence-electron chi connectivity index (χ3n) is 2.16. The maximum atomic E-state index is 13.1. The maximum absolute atomic E-state index is 13.1. The molecule has 0 heterocycles. The highest BCUT2D eigenvalue weighted by Crippen LogP contribution is 2.36. The van der Waals surface area contributed by atoms with Crippen molar-refractivity contribution >= 4 is 5.97 Å². The predicted molar refractivity (Wildman–Crippen MR) is 50.7 cm³/mol. The molecule has 0 fully saturated rings. The van der Waals surface area contributed by atoms with Gasteiger partial charge in [-0.1, -0.05) is 6.07 Å². The molecule has 0 amide bonds. The first kappa shape index (κ1) is 11.3. The Kier molecular flexibility index (Phi) is 3.14. The average Bonchev–Trinajstić information content (AvgIpc) is 2.17. The number of carboxylic acid groups (broad SMARTS) is 1. The lowest BCUT2D eigenvalue weighted by atomic mass is 10.00. The van der Waals surface area contributed by atoms with Crippen LogP contribution in [0, 0.1) is 5.82 Å². The Morgan fingerprint density at radius 3 is 2.60 bits per heavy atom. The first-order chi connectivity index (χ1) is 6.99. The lowest BCUT2D eigenvalue weighted by Crippen LogP contribution is -2.08. The highest BCUT2D eigenvalue weighted by molar-refractivity contribution is 5.77. The minimum atomic E-state index is -1.10. The van der Waals surface area contributed by atoms with Gasteiger partial charge in [-0.25, -0.2) is 4.39 Å². The largest absolute Gasteiger partial charge is 0.504 e. The van der Waals surface area contributed by atoms with Gasteiger partial charge in [-0.15, -0.1) is 0 Å². The van der Waals surface area contributed by atoms with Gasteiger partial charge in [-0.05, 0) is 13.0 Å². The zero-order chi connectivity index (χ0) is 11.6. The Bertz CT molecular complexity index is 389. The number of rotatable bonds is 3. The van der Waals surface area contributed by atoms with Gasteiger partial charge in [0.05, 0.1) is 13.0 Å². The summed E-state index contributed by atoms with van der Waals surface area (Å²) in [5.74, 6) is -3.54. The number of phenols is 1. The highest BCUT2D eigenvalue weighted by atomic mass is 19.1. The van der Waals surface area contributed by atoms with Crippen molar-refractivity contribution in [1.82, 2.24) is 0 Å². The molecule has 1 atom stereocenters. The van der Waals surface area contributed by atoms with E-state index in [1.54, 1.807) is 0 Å². The Morgan fingerprint density at radius 1 is 1.53 bits per heavy atom. The van der Waals surface area contributed by atoms with Crippen molar-refractivity contribution in [1.29, 1.82) is 0 Å². The number of benzene rings is 1. The number of phenolic OH excluding ortho intramolecular Hbond substituents is 1. The van der Waals surface area contributed by atoms with E-state index in [9.17, 15) is 14.3 Å². The molecule has 1 rings (SSSR count). The van der Waals surface area contributed by atoms with Crippen LogP contribution in [0.5, 0.6) is 11.5 Å². The van der Waals surface area contributed by atoms with Crippen molar-refractivity contribution in [3.05, 3.63) is 23.5 Å². The van der Waals surface area contributed by atoms with Crippen LogP contribution in [-0.4, -0.2) is 23.3 Å². The summed E-state index contributed by atoms with van der Waals surface area (Å²) in [6.45, 7) is 1.40. The standard InChI is InChI=1S/C10H11FO4/c1-5(10(13)14)6-3-4-7(11)9(15-2)8(6)12/h3-5,12H,1-2H3,(H,13,14). The van der Waals surface area contributed by atoms with Crippen molar-refractivity contribution in [3.63, 3.8) is 0 Å². The molecular weight excluding hydrogens is 203 g/mol. The number of methoxy groups -OCH3 is 1. The van der Waals surface area contributed by atoms with Crippen LogP contribution in [0.4, 0.5) is 4.39 Å². The second-order valence-corrected chi connectivity index (χ2v) is 3.08. The molecule has 4 nitrogen and oxygen atoms in total. The molecule has 1 unspecified atom stereocenters. The van der Waals surface area contributed by atoms with Gasteiger partial charge in [0.1, 0.15) is 0 Å². The van der Waals surface area contributed by atoms with Gasteiger partial charge >= 0.3 is 5.97 Å². The Labute approximate surface area is 85.9 Å². The molecule has 0 aliphatic rings. The van der Waals surface area contributed by atoms with Gasteiger partial charge in [0.15, 0.2) is 17.3 Å². The fourth-order valence-electron chi connectivity index (χ4n) is 1.24. The van der Waals surface area contributed by atoms with Crippen molar-refractivity contribution in [2.45, 2.75) is 12.8 Å². The monoisotopic (exact) mass is 214 g/mol. The molecule has 0 aromatic heterocycles. The van der Waals surface area contributed by atoms with E-state index in [2.05, 4.69) is 4.74 Å². The van der Waals surface area contributed by atoms with E-state index in [1.165, 1.54) is 20.1 Å². The number of aliphatic carboxylic acids is 1. The van der Waals surface area contributed by atoms with Gasteiger partial charge in [-0.2, -0.15) is 0 Å². The van der Waals surface area contributed by atoms with E-state index in [4.69, 9.17) is 5.11 Å². The lowest BCUT2D eigenvalue weighted by Gasteiger charge is -2.12. The van der Waals surface area contributed by atoms with E-state index >= 15 is 0 Å². The molecule has 1 aromatic carbocycles. The number of aromatic hydroxyl groups is 1. The molecule has 0 saturated heterocycles.